The lowest BCUT2D eigenvalue weighted by atomic mass is 10.2. The molecule has 7 heteroatoms. The molecular formula is C25H25BrN2O3S. The number of carbonyl (C=O) groups is 1. The van der Waals surface area contributed by atoms with E-state index in [9.17, 15) is 4.79 Å². The number of benzene rings is 3. The van der Waals surface area contributed by atoms with Gasteiger partial charge in [0, 0.05) is 5.56 Å². The Morgan fingerprint density at radius 1 is 0.969 bits per heavy atom. The highest BCUT2D eigenvalue weighted by Crippen LogP contribution is 2.27. The van der Waals surface area contributed by atoms with Gasteiger partial charge in [0.15, 0.2) is 5.11 Å². The number of carbonyl (C=O) groups excluding carboxylic acids is 1. The third kappa shape index (κ3) is 7.07. The van der Waals surface area contributed by atoms with Gasteiger partial charge < -0.3 is 14.8 Å². The molecule has 0 atom stereocenters. The standard InChI is InChI=1S/C25H25BrN2O3S/c1-2-3-15-30-22-14-13-19(16-20(22)26)24(29)28-25(32)27-21-11-7-8-12-23(21)31-17-18-9-5-4-6-10-18/h4-14,16H,2-3,15,17H2,1H3,(H2,27,28,29,32). The van der Waals surface area contributed by atoms with Crippen LogP contribution in [0.5, 0.6) is 11.5 Å². The second-order valence-corrected chi connectivity index (χ2v) is 8.29. The van der Waals surface area contributed by atoms with Crippen LogP contribution in [-0.4, -0.2) is 17.6 Å². The Hall–Kier alpha value is -2.90. The zero-order valence-corrected chi connectivity index (χ0v) is 20.2. The topological polar surface area (TPSA) is 59.6 Å². The molecule has 3 aromatic carbocycles. The quantitative estimate of drug-likeness (QED) is 0.259. The molecule has 0 fully saturated rings. The Bertz CT molecular complexity index is 1060. The van der Waals surface area contributed by atoms with Crippen molar-refractivity contribution in [1.82, 2.24) is 5.32 Å². The van der Waals surface area contributed by atoms with Gasteiger partial charge in [-0.1, -0.05) is 55.8 Å². The van der Waals surface area contributed by atoms with E-state index in [1.807, 2.05) is 54.6 Å². The Morgan fingerprint density at radius 3 is 2.47 bits per heavy atom. The molecule has 0 aromatic heterocycles. The third-order valence-electron chi connectivity index (χ3n) is 4.55. The van der Waals surface area contributed by atoms with Crippen LogP contribution >= 0.6 is 28.1 Å². The van der Waals surface area contributed by atoms with Crippen LogP contribution in [0.4, 0.5) is 5.69 Å². The summed E-state index contributed by atoms with van der Waals surface area (Å²) in [4.78, 5) is 12.6. The molecule has 3 rings (SSSR count). The molecule has 0 unspecified atom stereocenters. The normalized spacial score (nSPS) is 10.3. The number of unbranched alkanes of at least 4 members (excludes halogenated alkanes) is 1. The van der Waals surface area contributed by atoms with E-state index >= 15 is 0 Å². The molecule has 1 amide bonds. The summed E-state index contributed by atoms with van der Waals surface area (Å²) in [7, 11) is 0. The monoisotopic (exact) mass is 512 g/mol. The minimum absolute atomic E-state index is 0.185. The minimum Gasteiger partial charge on any atom is -0.492 e. The predicted octanol–water partition coefficient (Wildman–Crippen LogP) is 6.33. The highest BCUT2D eigenvalue weighted by Gasteiger charge is 2.12. The van der Waals surface area contributed by atoms with Gasteiger partial charge in [0.05, 0.1) is 16.8 Å². The van der Waals surface area contributed by atoms with Crippen LogP contribution in [0.2, 0.25) is 0 Å². The average Bonchev–Trinajstić information content (AvgIpc) is 2.80. The van der Waals surface area contributed by atoms with Gasteiger partial charge in [-0.05, 0) is 70.5 Å². The Labute approximate surface area is 202 Å². The number of rotatable bonds is 9. The van der Waals surface area contributed by atoms with Crippen LogP contribution < -0.4 is 20.1 Å². The van der Waals surface area contributed by atoms with E-state index in [4.69, 9.17) is 21.7 Å². The maximum atomic E-state index is 12.6. The molecule has 0 aliphatic rings. The molecule has 0 aliphatic carbocycles. The molecule has 0 heterocycles. The van der Waals surface area contributed by atoms with Gasteiger partial charge in [0.25, 0.3) is 5.91 Å². The van der Waals surface area contributed by atoms with E-state index in [2.05, 4.69) is 33.5 Å². The molecule has 3 aromatic rings. The highest BCUT2D eigenvalue weighted by atomic mass is 79.9. The summed E-state index contributed by atoms with van der Waals surface area (Å²) in [5.41, 5.74) is 2.21. The summed E-state index contributed by atoms with van der Waals surface area (Å²) in [5.74, 6) is 1.04. The fourth-order valence-electron chi connectivity index (χ4n) is 2.85. The fourth-order valence-corrected chi connectivity index (χ4v) is 3.54. The Balaban J connectivity index is 1.58. The number of para-hydroxylation sites is 2. The summed E-state index contributed by atoms with van der Waals surface area (Å²) < 4.78 is 12.4. The number of halogens is 1. The van der Waals surface area contributed by atoms with Crippen molar-refractivity contribution in [3.05, 3.63) is 88.4 Å². The Morgan fingerprint density at radius 2 is 1.72 bits per heavy atom. The molecular weight excluding hydrogens is 488 g/mol. The molecule has 166 valence electrons. The molecule has 5 nitrogen and oxygen atoms in total. The van der Waals surface area contributed by atoms with Crippen LogP contribution in [-0.2, 0) is 6.61 Å². The van der Waals surface area contributed by atoms with Crippen molar-refractivity contribution in [3.8, 4) is 11.5 Å². The molecule has 0 bridgehead atoms. The molecule has 0 aliphatic heterocycles. The molecule has 0 saturated heterocycles. The van der Waals surface area contributed by atoms with Gasteiger partial charge in [-0.3, -0.25) is 10.1 Å². The summed E-state index contributed by atoms with van der Waals surface area (Å²) >= 11 is 8.81. The van der Waals surface area contributed by atoms with E-state index in [1.54, 1.807) is 18.2 Å². The van der Waals surface area contributed by atoms with Crippen molar-refractivity contribution >= 4 is 44.9 Å². The third-order valence-corrected chi connectivity index (χ3v) is 5.37. The predicted molar refractivity (Wildman–Crippen MR) is 135 cm³/mol. The number of amides is 1. The zero-order valence-electron chi connectivity index (χ0n) is 17.8. The minimum atomic E-state index is -0.314. The van der Waals surface area contributed by atoms with E-state index < -0.39 is 0 Å². The van der Waals surface area contributed by atoms with E-state index in [0.29, 0.717) is 36.0 Å². The zero-order chi connectivity index (χ0) is 22.8. The van der Waals surface area contributed by atoms with Crippen molar-refractivity contribution in [2.75, 3.05) is 11.9 Å². The summed E-state index contributed by atoms with van der Waals surface area (Å²) in [6.45, 7) is 3.18. The van der Waals surface area contributed by atoms with Crippen LogP contribution in [0.25, 0.3) is 0 Å². The number of anilines is 1. The largest absolute Gasteiger partial charge is 0.492 e. The van der Waals surface area contributed by atoms with E-state index in [-0.39, 0.29) is 11.0 Å². The van der Waals surface area contributed by atoms with Crippen molar-refractivity contribution in [2.24, 2.45) is 0 Å². The fraction of sp³-hybridized carbons (Fsp3) is 0.200. The van der Waals surface area contributed by atoms with Gasteiger partial charge in [-0.15, -0.1) is 0 Å². The lowest BCUT2D eigenvalue weighted by Crippen LogP contribution is -2.34. The lowest BCUT2D eigenvalue weighted by Gasteiger charge is -2.15. The van der Waals surface area contributed by atoms with Gasteiger partial charge in [-0.25, -0.2) is 0 Å². The first kappa shape index (κ1) is 23.8. The average molecular weight is 513 g/mol. The number of hydrogen-bond acceptors (Lipinski definition) is 4. The first-order valence-electron chi connectivity index (χ1n) is 10.4. The van der Waals surface area contributed by atoms with Crippen LogP contribution in [0.3, 0.4) is 0 Å². The van der Waals surface area contributed by atoms with Crippen LogP contribution in [0, 0.1) is 0 Å². The lowest BCUT2D eigenvalue weighted by molar-refractivity contribution is 0.0977. The molecule has 0 radical (unpaired) electrons. The van der Waals surface area contributed by atoms with E-state index in [0.717, 1.165) is 22.9 Å². The first-order valence-corrected chi connectivity index (χ1v) is 11.6. The maximum Gasteiger partial charge on any atom is 0.257 e. The van der Waals surface area contributed by atoms with Gasteiger partial charge >= 0.3 is 0 Å². The number of thiocarbonyl (C=S) groups is 1. The number of nitrogens with one attached hydrogen (secondary N) is 2. The molecule has 0 saturated carbocycles. The maximum absolute atomic E-state index is 12.6. The highest BCUT2D eigenvalue weighted by molar-refractivity contribution is 9.10. The molecule has 2 N–H and O–H groups in total. The molecule has 0 spiro atoms. The second kappa shape index (κ2) is 12.2. The number of hydrogen-bond donors (Lipinski definition) is 2. The summed E-state index contributed by atoms with van der Waals surface area (Å²) in [6, 6.07) is 22.6. The summed E-state index contributed by atoms with van der Waals surface area (Å²) in [6.07, 6.45) is 2.04. The van der Waals surface area contributed by atoms with Crippen molar-refractivity contribution in [3.63, 3.8) is 0 Å². The SMILES string of the molecule is CCCCOc1ccc(C(=O)NC(=S)Nc2ccccc2OCc2ccccc2)cc1Br. The van der Waals surface area contributed by atoms with Gasteiger partial charge in [-0.2, -0.15) is 0 Å². The molecule has 32 heavy (non-hydrogen) atoms. The van der Waals surface area contributed by atoms with Crippen molar-refractivity contribution < 1.29 is 14.3 Å². The van der Waals surface area contributed by atoms with E-state index in [1.165, 1.54) is 0 Å². The number of ether oxygens (including phenoxy) is 2. The second-order valence-electron chi connectivity index (χ2n) is 7.03. The Kier molecular flexibility index (Phi) is 9.07. The van der Waals surface area contributed by atoms with Gasteiger partial charge in [0.1, 0.15) is 18.1 Å². The summed E-state index contributed by atoms with van der Waals surface area (Å²) in [5, 5.41) is 5.94. The smallest absolute Gasteiger partial charge is 0.257 e. The van der Waals surface area contributed by atoms with Crippen molar-refractivity contribution in [2.45, 2.75) is 26.4 Å². The van der Waals surface area contributed by atoms with Crippen LogP contribution in [0.15, 0.2) is 77.3 Å². The van der Waals surface area contributed by atoms with Crippen molar-refractivity contribution in [1.29, 1.82) is 0 Å². The van der Waals surface area contributed by atoms with Gasteiger partial charge in [0.2, 0.25) is 0 Å². The first-order chi connectivity index (χ1) is 15.6. The van der Waals surface area contributed by atoms with Crippen LogP contribution in [0.1, 0.15) is 35.7 Å².